The van der Waals surface area contributed by atoms with Crippen LogP contribution in [-0.4, -0.2) is 45.7 Å². The topological polar surface area (TPSA) is 51.2 Å². The number of rotatable bonds is 8. The molecule has 0 bridgehead atoms. The van der Waals surface area contributed by atoms with Crippen LogP contribution in [0.3, 0.4) is 0 Å². The molecule has 5 nitrogen and oxygen atoms in total. The molecule has 3 aromatic rings. The zero-order chi connectivity index (χ0) is 26.1. The van der Waals surface area contributed by atoms with Crippen LogP contribution >= 0.6 is 0 Å². The van der Waals surface area contributed by atoms with Gasteiger partial charge in [-0.1, -0.05) is 45.0 Å². The first-order chi connectivity index (χ1) is 17.1. The highest BCUT2D eigenvalue weighted by Crippen LogP contribution is 2.39. The van der Waals surface area contributed by atoms with Gasteiger partial charge in [0.15, 0.2) is 19.8 Å². The molecule has 0 saturated heterocycles. The van der Waals surface area contributed by atoms with Gasteiger partial charge in [0.25, 0.3) is 0 Å². The molecule has 1 atom stereocenters. The standard InChI is InChI=1S/C30H41NO4Si/c1-30(2,3)36(6,7)35-20-22-9-11-23-14-21(8-10-24(23)15-22)18-31-13-12-25-16-28(33-4)29(34-5)17-26(25)27(31)19-32/h8-11,14-17,27,32H,12-13,18-20H2,1-7H3. The van der Waals surface area contributed by atoms with E-state index in [-0.39, 0.29) is 17.7 Å². The molecule has 0 saturated carbocycles. The van der Waals surface area contributed by atoms with Crippen molar-refractivity contribution in [3.8, 4) is 11.5 Å². The van der Waals surface area contributed by atoms with Crippen LogP contribution in [0.15, 0.2) is 48.5 Å². The maximum Gasteiger partial charge on any atom is 0.192 e. The normalized spacial score (nSPS) is 16.7. The van der Waals surface area contributed by atoms with Crippen molar-refractivity contribution in [2.45, 2.75) is 64.5 Å². The van der Waals surface area contributed by atoms with Gasteiger partial charge in [-0.05, 0) is 81.8 Å². The minimum absolute atomic E-state index is 0.0631. The zero-order valence-corrected chi connectivity index (χ0v) is 23.9. The maximum absolute atomic E-state index is 10.3. The summed E-state index contributed by atoms with van der Waals surface area (Å²) in [5.74, 6) is 1.44. The Morgan fingerprint density at radius 2 is 1.53 bits per heavy atom. The Balaban J connectivity index is 1.51. The van der Waals surface area contributed by atoms with Crippen molar-refractivity contribution in [3.63, 3.8) is 0 Å². The second-order valence-electron chi connectivity index (χ2n) is 11.4. The Labute approximate surface area is 217 Å². The number of hydrogen-bond acceptors (Lipinski definition) is 5. The first-order valence-electron chi connectivity index (χ1n) is 12.8. The first kappa shape index (κ1) is 26.7. The van der Waals surface area contributed by atoms with E-state index in [4.69, 9.17) is 13.9 Å². The van der Waals surface area contributed by atoms with Gasteiger partial charge in [0.2, 0.25) is 0 Å². The highest BCUT2D eigenvalue weighted by atomic mass is 28.4. The van der Waals surface area contributed by atoms with E-state index in [9.17, 15) is 5.11 Å². The van der Waals surface area contributed by atoms with Crippen LogP contribution in [0.25, 0.3) is 10.8 Å². The molecule has 36 heavy (non-hydrogen) atoms. The molecule has 0 radical (unpaired) electrons. The lowest BCUT2D eigenvalue weighted by atomic mass is 9.91. The molecular weight excluding hydrogens is 466 g/mol. The van der Waals surface area contributed by atoms with Gasteiger partial charge >= 0.3 is 0 Å². The molecule has 1 heterocycles. The van der Waals surface area contributed by atoms with E-state index < -0.39 is 8.32 Å². The van der Waals surface area contributed by atoms with Crippen molar-refractivity contribution in [1.29, 1.82) is 0 Å². The predicted molar refractivity (Wildman–Crippen MR) is 149 cm³/mol. The van der Waals surface area contributed by atoms with Crippen molar-refractivity contribution in [2.75, 3.05) is 27.4 Å². The quantitative estimate of drug-likeness (QED) is 0.354. The Morgan fingerprint density at radius 3 is 2.14 bits per heavy atom. The lowest BCUT2D eigenvalue weighted by molar-refractivity contribution is 0.108. The first-order valence-corrected chi connectivity index (χ1v) is 15.7. The van der Waals surface area contributed by atoms with Crippen LogP contribution in [-0.2, 0) is 24.0 Å². The van der Waals surface area contributed by atoms with E-state index in [1.165, 1.54) is 27.5 Å². The SMILES string of the molecule is COc1cc2c(cc1OC)C(CO)N(Cc1ccc3cc(CO[Si](C)(C)C(C)(C)C)ccc3c1)CC2. The van der Waals surface area contributed by atoms with Crippen LogP contribution in [0.5, 0.6) is 11.5 Å². The van der Waals surface area contributed by atoms with Gasteiger partial charge in [0.1, 0.15) is 0 Å². The Morgan fingerprint density at radius 1 is 0.917 bits per heavy atom. The Hall–Kier alpha value is -2.38. The van der Waals surface area contributed by atoms with Crippen LogP contribution in [0.1, 0.15) is 49.1 Å². The summed E-state index contributed by atoms with van der Waals surface area (Å²) in [6.07, 6.45) is 0.914. The van der Waals surface area contributed by atoms with Crippen molar-refractivity contribution >= 4 is 19.1 Å². The van der Waals surface area contributed by atoms with Gasteiger partial charge in [-0.15, -0.1) is 0 Å². The van der Waals surface area contributed by atoms with Crippen LogP contribution in [0, 0.1) is 0 Å². The molecule has 4 rings (SSSR count). The molecule has 0 aromatic heterocycles. The minimum Gasteiger partial charge on any atom is -0.493 e. The fraction of sp³-hybridized carbons (Fsp3) is 0.467. The van der Waals surface area contributed by atoms with Gasteiger partial charge < -0.3 is 19.0 Å². The van der Waals surface area contributed by atoms with Gasteiger partial charge in [-0.25, -0.2) is 0 Å². The van der Waals surface area contributed by atoms with E-state index in [1.54, 1.807) is 14.2 Å². The minimum atomic E-state index is -1.78. The molecule has 1 unspecified atom stereocenters. The number of aliphatic hydroxyl groups is 1. The fourth-order valence-electron chi connectivity index (χ4n) is 4.73. The highest BCUT2D eigenvalue weighted by molar-refractivity contribution is 6.74. The third-order valence-corrected chi connectivity index (χ3v) is 12.5. The van der Waals surface area contributed by atoms with Crippen molar-refractivity contribution in [2.24, 2.45) is 0 Å². The Kier molecular flexibility index (Phi) is 7.81. The summed E-state index contributed by atoms with van der Waals surface area (Å²) in [5, 5.41) is 13.0. The van der Waals surface area contributed by atoms with Crippen molar-refractivity contribution < 1.29 is 19.0 Å². The molecular formula is C30H41NO4Si. The third kappa shape index (κ3) is 5.47. The highest BCUT2D eigenvalue weighted by Gasteiger charge is 2.37. The number of hydrogen-bond donors (Lipinski definition) is 1. The second-order valence-corrected chi connectivity index (χ2v) is 16.2. The number of aliphatic hydroxyl groups excluding tert-OH is 1. The molecule has 0 spiro atoms. The number of methoxy groups -OCH3 is 2. The summed E-state index contributed by atoms with van der Waals surface area (Å²) in [4.78, 5) is 2.36. The monoisotopic (exact) mass is 507 g/mol. The predicted octanol–water partition coefficient (Wildman–Crippen LogP) is 6.47. The lowest BCUT2D eigenvalue weighted by Gasteiger charge is -2.37. The Bertz CT molecular complexity index is 1220. The van der Waals surface area contributed by atoms with E-state index in [0.717, 1.165) is 30.8 Å². The molecule has 194 valence electrons. The second kappa shape index (κ2) is 10.5. The molecule has 0 fully saturated rings. The summed E-state index contributed by atoms with van der Waals surface area (Å²) in [7, 11) is 1.53. The van der Waals surface area contributed by atoms with Crippen LogP contribution < -0.4 is 9.47 Å². The summed E-state index contributed by atoms with van der Waals surface area (Å²) >= 11 is 0. The molecule has 0 aliphatic carbocycles. The largest absolute Gasteiger partial charge is 0.493 e. The van der Waals surface area contributed by atoms with E-state index in [1.807, 2.05) is 6.07 Å². The molecule has 3 aromatic carbocycles. The summed E-state index contributed by atoms with van der Waals surface area (Å²) in [5.41, 5.74) is 4.80. The molecule has 0 amide bonds. The average molecular weight is 508 g/mol. The zero-order valence-electron chi connectivity index (χ0n) is 22.9. The number of benzene rings is 3. The fourth-order valence-corrected chi connectivity index (χ4v) is 5.69. The molecule has 6 heteroatoms. The van der Waals surface area contributed by atoms with Crippen molar-refractivity contribution in [1.82, 2.24) is 4.90 Å². The summed E-state index contributed by atoms with van der Waals surface area (Å²) in [6, 6.07) is 17.3. The smallest absolute Gasteiger partial charge is 0.192 e. The molecule has 1 aliphatic rings. The van der Waals surface area contributed by atoms with E-state index in [0.29, 0.717) is 12.4 Å². The van der Waals surface area contributed by atoms with Gasteiger partial charge in [0.05, 0.1) is 33.5 Å². The van der Waals surface area contributed by atoms with Gasteiger partial charge in [-0.2, -0.15) is 0 Å². The van der Waals surface area contributed by atoms with E-state index in [2.05, 4.69) is 81.2 Å². The summed E-state index contributed by atoms with van der Waals surface area (Å²) in [6.45, 7) is 13.8. The summed E-state index contributed by atoms with van der Waals surface area (Å²) < 4.78 is 17.4. The average Bonchev–Trinajstić information content (AvgIpc) is 2.85. The number of fused-ring (bicyclic) bond motifs is 2. The van der Waals surface area contributed by atoms with E-state index >= 15 is 0 Å². The molecule has 1 aliphatic heterocycles. The third-order valence-electron chi connectivity index (χ3n) is 8.05. The van der Waals surface area contributed by atoms with Gasteiger partial charge in [-0.3, -0.25) is 4.90 Å². The van der Waals surface area contributed by atoms with Crippen LogP contribution in [0.4, 0.5) is 0 Å². The lowest BCUT2D eigenvalue weighted by Crippen LogP contribution is -2.40. The molecule has 1 N–H and O–H groups in total. The van der Waals surface area contributed by atoms with Gasteiger partial charge in [0, 0.05) is 13.1 Å². The van der Waals surface area contributed by atoms with Crippen LogP contribution in [0.2, 0.25) is 18.1 Å². The maximum atomic E-state index is 10.3. The van der Waals surface area contributed by atoms with Crippen molar-refractivity contribution in [3.05, 3.63) is 70.8 Å². The number of ether oxygens (including phenoxy) is 2. The number of nitrogens with zero attached hydrogens (tertiary/aromatic N) is 1.